The number of aliphatic carboxylic acids is 2. The van der Waals surface area contributed by atoms with Crippen LogP contribution >= 0.6 is 11.6 Å². The maximum absolute atomic E-state index is 13.0. The summed E-state index contributed by atoms with van der Waals surface area (Å²) in [6, 6.07) is 23.1. The Morgan fingerprint density at radius 3 is 2.07 bits per heavy atom. The summed E-state index contributed by atoms with van der Waals surface area (Å²) < 4.78 is 11.9. The minimum Gasteiger partial charge on any atom is -0.550 e. The Hall–Kier alpha value is -3.82. The third-order valence-electron chi connectivity index (χ3n) is 7.09. The van der Waals surface area contributed by atoms with Gasteiger partial charge in [0.05, 0.1) is 26.2 Å². The molecule has 1 heterocycles. The van der Waals surface area contributed by atoms with Gasteiger partial charge in [-0.1, -0.05) is 42.8 Å². The molecule has 0 amide bonds. The Balaban J connectivity index is 0.000000247. The summed E-state index contributed by atoms with van der Waals surface area (Å²) in [5.41, 5.74) is 3.08. The van der Waals surface area contributed by atoms with Crippen LogP contribution in [0.25, 0.3) is 21.7 Å². The van der Waals surface area contributed by atoms with Crippen LogP contribution in [0.5, 0.6) is 11.5 Å². The molecular weight excluding hydrogens is 581 g/mol. The molecule has 0 aliphatic rings. The SMILES string of the molecule is COc1ccc2c(c1)c(CC(=O)O)c(C)n2C(=O)c1ccc(Cl)cc1.COc1ccc2cc([C@H](C)C(=O)[O-])ccc2c1.[Na+]. The Morgan fingerprint density at radius 1 is 0.884 bits per heavy atom. The number of methoxy groups -OCH3 is 2. The number of hydrogen-bond acceptors (Lipinski definition) is 6. The van der Waals surface area contributed by atoms with E-state index in [1.165, 1.54) is 4.57 Å². The predicted molar refractivity (Wildman–Crippen MR) is 160 cm³/mol. The van der Waals surface area contributed by atoms with Crippen LogP contribution in [0.2, 0.25) is 5.02 Å². The summed E-state index contributed by atoms with van der Waals surface area (Å²) in [4.78, 5) is 35.1. The van der Waals surface area contributed by atoms with Gasteiger partial charge in [-0.3, -0.25) is 14.2 Å². The van der Waals surface area contributed by atoms with E-state index in [1.807, 2.05) is 36.4 Å². The van der Waals surface area contributed by atoms with Crippen LogP contribution in [0.4, 0.5) is 0 Å². The van der Waals surface area contributed by atoms with Crippen molar-refractivity contribution in [2.75, 3.05) is 14.2 Å². The van der Waals surface area contributed by atoms with E-state index in [9.17, 15) is 24.6 Å². The zero-order valence-electron chi connectivity index (χ0n) is 24.5. The number of halogens is 1. The molecule has 0 aliphatic heterocycles. The van der Waals surface area contributed by atoms with Gasteiger partial charge in [-0.25, -0.2) is 0 Å². The van der Waals surface area contributed by atoms with Crippen LogP contribution in [-0.2, 0) is 16.0 Å². The zero-order chi connectivity index (χ0) is 30.6. The molecule has 216 valence electrons. The Labute approximate surface area is 276 Å². The molecule has 0 spiro atoms. The summed E-state index contributed by atoms with van der Waals surface area (Å²) in [7, 11) is 3.16. The van der Waals surface area contributed by atoms with Crippen LogP contribution in [0.3, 0.4) is 0 Å². The van der Waals surface area contributed by atoms with Crippen LogP contribution in [0.1, 0.15) is 40.0 Å². The number of aromatic nitrogens is 1. The van der Waals surface area contributed by atoms with E-state index in [2.05, 4.69) is 0 Å². The fourth-order valence-corrected chi connectivity index (χ4v) is 4.85. The normalized spacial score (nSPS) is 11.2. The third kappa shape index (κ3) is 7.58. The monoisotopic (exact) mass is 609 g/mol. The number of rotatable bonds is 7. The number of nitrogens with zero attached hydrogens (tertiary/aromatic N) is 1. The minimum atomic E-state index is -1.06. The number of benzene rings is 4. The molecule has 5 rings (SSSR count). The van der Waals surface area contributed by atoms with Gasteiger partial charge in [0.2, 0.25) is 0 Å². The maximum Gasteiger partial charge on any atom is 1.00 e. The van der Waals surface area contributed by atoms with Crippen molar-refractivity contribution in [3.05, 3.63) is 106 Å². The van der Waals surface area contributed by atoms with Crippen molar-refractivity contribution >= 4 is 51.1 Å². The largest absolute Gasteiger partial charge is 1.00 e. The first-order chi connectivity index (χ1) is 20.0. The summed E-state index contributed by atoms with van der Waals surface area (Å²) in [5.74, 6) is -1.45. The maximum atomic E-state index is 13.0. The fraction of sp³-hybridized carbons (Fsp3) is 0.182. The van der Waals surface area contributed by atoms with Crippen LogP contribution < -0.4 is 44.1 Å². The molecule has 1 atom stereocenters. The first-order valence-corrected chi connectivity index (χ1v) is 13.4. The first-order valence-electron chi connectivity index (χ1n) is 13.0. The molecule has 5 aromatic rings. The Bertz CT molecular complexity index is 1800. The summed E-state index contributed by atoms with van der Waals surface area (Å²) in [6.45, 7) is 3.37. The number of hydrogen-bond donors (Lipinski definition) is 1. The van der Waals surface area contributed by atoms with Gasteiger partial charge < -0.3 is 24.5 Å². The van der Waals surface area contributed by atoms with Crippen molar-refractivity contribution in [2.24, 2.45) is 0 Å². The molecule has 0 fully saturated rings. The summed E-state index contributed by atoms with van der Waals surface area (Å²) >= 11 is 5.89. The third-order valence-corrected chi connectivity index (χ3v) is 7.34. The molecule has 0 saturated heterocycles. The van der Waals surface area contributed by atoms with Crippen molar-refractivity contribution in [2.45, 2.75) is 26.2 Å². The second-order valence-electron chi connectivity index (χ2n) is 9.68. The van der Waals surface area contributed by atoms with Crippen LogP contribution in [0, 0.1) is 6.92 Å². The van der Waals surface area contributed by atoms with Crippen molar-refractivity contribution in [1.82, 2.24) is 4.57 Å². The van der Waals surface area contributed by atoms with Crippen LogP contribution in [-0.4, -0.2) is 41.7 Å². The molecule has 0 radical (unpaired) electrons. The second kappa shape index (κ2) is 14.6. The number of carbonyl (C=O) groups is 3. The molecule has 8 nitrogen and oxygen atoms in total. The van der Waals surface area contributed by atoms with Gasteiger partial charge in [-0.05, 0) is 83.4 Å². The van der Waals surface area contributed by atoms with E-state index in [1.54, 1.807) is 70.5 Å². The van der Waals surface area contributed by atoms with E-state index in [0.29, 0.717) is 38.5 Å². The number of ether oxygens (including phenoxy) is 2. The summed E-state index contributed by atoms with van der Waals surface area (Å²) in [6.07, 6.45) is -0.170. The van der Waals surface area contributed by atoms with Crippen molar-refractivity contribution in [3.63, 3.8) is 0 Å². The van der Waals surface area contributed by atoms with Gasteiger partial charge in [-0.15, -0.1) is 0 Å². The van der Waals surface area contributed by atoms with E-state index in [4.69, 9.17) is 21.1 Å². The number of carboxylic acids is 2. The van der Waals surface area contributed by atoms with Crippen LogP contribution in [0.15, 0.2) is 78.9 Å². The van der Waals surface area contributed by atoms with Crippen molar-refractivity contribution in [3.8, 4) is 11.5 Å². The van der Waals surface area contributed by atoms with Gasteiger partial charge in [0.25, 0.3) is 5.91 Å². The van der Waals surface area contributed by atoms with Gasteiger partial charge >= 0.3 is 35.5 Å². The van der Waals surface area contributed by atoms with E-state index < -0.39 is 17.9 Å². The van der Waals surface area contributed by atoms with E-state index >= 15 is 0 Å². The second-order valence-corrected chi connectivity index (χ2v) is 10.1. The minimum absolute atomic E-state index is 0. The molecular formula is C33H29ClNNaO7. The first kappa shape index (κ1) is 33.7. The average molecular weight is 610 g/mol. The molecule has 0 unspecified atom stereocenters. The standard InChI is InChI=1S/C19H16ClNO4.C14H14O3.Na/c1-11-15(10-18(22)23)16-9-14(25-2)7-8-17(16)21(11)19(24)12-3-5-13(20)6-4-12;1-9(14(15)16)10-3-4-12-8-13(17-2)6-5-11(12)7-10;/h3-9H,10H2,1-2H3,(H,22,23);3-9H,1-2H3,(H,15,16);/q;;+1/p-1/t;9-;/m.0./s1. The molecule has 0 saturated carbocycles. The van der Waals surface area contributed by atoms with Gasteiger partial charge in [0.1, 0.15) is 11.5 Å². The molecule has 4 aromatic carbocycles. The number of fused-ring (bicyclic) bond motifs is 2. The number of carboxylic acid groups (broad SMARTS) is 2. The predicted octanol–water partition coefficient (Wildman–Crippen LogP) is 2.63. The molecule has 43 heavy (non-hydrogen) atoms. The van der Waals surface area contributed by atoms with Gasteiger partial charge in [0.15, 0.2) is 0 Å². The molecule has 0 aliphatic carbocycles. The van der Waals surface area contributed by atoms with Crippen molar-refractivity contribution in [1.29, 1.82) is 0 Å². The molecule has 1 N–H and O–H groups in total. The van der Waals surface area contributed by atoms with Gasteiger partial charge in [0, 0.05) is 33.6 Å². The smallest absolute Gasteiger partial charge is 0.550 e. The summed E-state index contributed by atoms with van der Waals surface area (Å²) in [5, 5.41) is 23.3. The fourth-order valence-electron chi connectivity index (χ4n) is 4.72. The Morgan fingerprint density at radius 2 is 1.47 bits per heavy atom. The Kier molecular flexibility index (Phi) is 11.4. The quantitative estimate of drug-likeness (QED) is 0.282. The molecule has 10 heteroatoms. The average Bonchev–Trinajstić information content (AvgIpc) is 3.25. The van der Waals surface area contributed by atoms with Crippen molar-refractivity contribution < 1.29 is 63.6 Å². The number of carbonyl (C=O) groups excluding carboxylic acids is 2. The molecule has 0 bridgehead atoms. The van der Waals surface area contributed by atoms with E-state index in [-0.39, 0.29) is 41.9 Å². The topological polar surface area (TPSA) is 118 Å². The zero-order valence-corrected chi connectivity index (χ0v) is 27.3. The van der Waals surface area contributed by atoms with E-state index in [0.717, 1.165) is 22.1 Å². The van der Waals surface area contributed by atoms with Gasteiger partial charge in [-0.2, -0.15) is 0 Å². The molecule has 1 aromatic heterocycles.